The van der Waals surface area contributed by atoms with Gasteiger partial charge in [0.15, 0.2) is 0 Å². The molecule has 2 heterocycles. The third-order valence-electron chi connectivity index (χ3n) is 2.63. The first-order chi connectivity index (χ1) is 9.53. The number of sulfonamides is 1. The van der Waals surface area contributed by atoms with Crippen LogP contribution in [0.5, 0.6) is 0 Å². The second-order valence-corrected chi connectivity index (χ2v) is 8.25. The molecule has 0 saturated carbocycles. The molecule has 108 valence electrons. The summed E-state index contributed by atoms with van der Waals surface area (Å²) in [5, 5.41) is 0. The van der Waals surface area contributed by atoms with E-state index in [1.54, 1.807) is 18.5 Å². The third kappa shape index (κ3) is 3.86. The molecule has 0 radical (unpaired) electrons. The van der Waals surface area contributed by atoms with Crippen molar-refractivity contribution < 1.29 is 8.42 Å². The van der Waals surface area contributed by atoms with Gasteiger partial charge >= 0.3 is 0 Å². The van der Waals surface area contributed by atoms with Crippen LogP contribution >= 0.6 is 27.3 Å². The highest BCUT2D eigenvalue weighted by atomic mass is 79.9. The minimum absolute atomic E-state index is 0.245. The van der Waals surface area contributed by atoms with Gasteiger partial charge in [-0.25, -0.2) is 13.1 Å². The van der Waals surface area contributed by atoms with Crippen molar-refractivity contribution in [2.45, 2.75) is 17.9 Å². The molecule has 2 rings (SSSR count). The minimum Gasteiger partial charge on any atom is -0.326 e. The Morgan fingerprint density at radius 1 is 1.45 bits per heavy atom. The molecule has 0 fully saturated rings. The molecular formula is C12H14BrN3O2S2. The number of hydrogen-bond acceptors (Lipinski definition) is 5. The fourth-order valence-corrected chi connectivity index (χ4v) is 5.23. The molecule has 0 aliphatic rings. The Morgan fingerprint density at radius 3 is 2.85 bits per heavy atom. The lowest BCUT2D eigenvalue weighted by molar-refractivity contribution is 0.581. The molecule has 5 nitrogen and oxygen atoms in total. The zero-order chi connectivity index (χ0) is 14.6. The molecule has 0 amide bonds. The predicted octanol–water partition coefficient (Wildman–Crippen LogP) is 1.89. The predicted molar refractivity (Wildman–Crippen MR) is 83.0 cm³/mol. The quantitative estimate of drug-likeness (QED) is 0.806. The molecule has 0 spiro atoms. The molecule has 0 aliphatic heterocycles. The Hall–Kier alpha value is -0.800. The minimum atomic E-state index is -3.51. The number of aromatic nitrogens is 1. The molecule has 2 aromatic heterocycles. The van der Waals surface area contributed by atoms with Crippen LogP contribution in [0.25, 0.3) is 0 Å². The number of nitrogens with two attached hydrogens (primary N) is 1. The standard InChI is InChI=1S/C12H14BrN3O2S2/c13-12-11(6-10(7-14)19-12)20(17,18)16-5-3-9-2-1-4-15-8-9/h1-2,4,6,8,16H,3,5,7,14H2. The van der Waals surface area contributed by atoms with Crippen LogP contribution in [0.1, 0.15) is 10.4 Å². The summed E-state index contributed by atoms with van der Waals surface area (Å²) in [4.78, 5) is 5.06. The Morgan fingerprint density at radius 2 is 2.25 bits per heavy atom. The molecule has 8 heteroatoms. The van der Waals surface area contributed by atoms with Gasteiger partial charge in [-0.1, -0.05) is 6.07 Å². The van der Waals surface area contributed by atoms with Gasteiger partial charge in [-0.15, -0.1) is 11.3 Å². The van der Waals surface area contributed by atoms with E-state index in [0.717, 1.165) is 10.4 Å². The first kappa shape index (κ1) is 15.6. The van der Waals surface area contributed by atoms with Crippen LogP contribution in [-0.2, 0) is 23.0 Å². The van der Waals surface area contributed by atoms with Crippen LogP contribution in [0, 0.1) is 0 Å². The van der Waals surface area contributed by atoms with E-state index in [4.69, 9.17) is 5.73 Å². The van der Waals surface area contributed by atoms with Crippen LogP contribution < -0.4 is 10.5 Å². The lowest BCUT2D eigenvalue weighted by Crippen LogP contribution is -2.25. The highest BCUT2D eigenvalue weighted by Gasteiger charge is 2.20. The highest BCUT2D eigenvalue weighted by molar-refractivity contribution is 9.11. The first-order valence-electron chi connectivity index (χ1n) is 5.90. The van der Waals surface area contributed by atoms with E-state index in [1.165, 1.54) is 11.3 Å². The van der Waals surface area contributed by atoms with Gasteiger partial charge < -0.3 is 5.73 Å². The summed E-state index contributed by atoms with van der Waals surface area (Å²) in [6.45, 7) is 0.655. The van der Waals surface area contributed by atoms with Crippen molar-refractivity contribution in [3.05, 3.63) is 44.8 Å². The van der Waals surface area contributed by atoms with Gasteiger partial charge in [-0.3, -0.25) is 4.98 Å². The molecule has 2 aromatic rings. The Kier molecular flexibility index (Phi) is 5.28. The zero-order valence-corrected chi connectivity index (χ0v) is 13.8. The topological polar surface area (TPSA) is 85.1 Å². The molecule has 3 N–H and O–H groups in total. The van der Waals surface area contributed by atoms with Gasteiger partial charge in [-0.05, 0) is 40.0 Å². The van der Waals surface area contributed by atoms with Gasteiger partial charge in [0.1, 0.15) is 4.90 Å². The maximum Gasteiger partial charge on any atom is 0.242 e. The van der Waals surface area contributed by atoms with Crippen molar-refractivity contribution in [2.24, 2.45) is 5.73 Å². The number of hydrogen-bond donors (Lipinski definition) is 2. The molecule has 0 unspecified atom stereocenters. The molecule has 0 aromatic carbocycles. The number of thiophene rings is 1. The van der Waals surface area contributed by atoms with Gasteiger partial charge in [0.25, 0.3) is 0 Å². The van der Waals surface area contributed by atoms with Crippen molar-refractivity contribution in [1.29, 1.82) is 0 Å². The van der Waals surface area contributed by atoms with E-state index in [1.807, 2.05) is 12.1 Å². The molecular weight excluding hydrogens is 362 g/mol. The molecule has 0 aliphatic carbocycles. The summed E-state index contributed by atoms with van der Waals surface area (Å²) in [5.41, 5.74) is 6.51. The van der Waals surface area contributed by atoms with E-state index in [9.17, 15) is 8.42 Å². The zero-order valence-electron chi connectivity index (χ0n) is 10.5. The summed E-state index contributed by atoms with van der Waals surface area (Å²) in [5.74, 6) is 0. The highest BCUT2D eigenvalue weighted by Crippen LogP contribution is 2.31. The lowest BCUT2D eigenvalue weighted by Gasteiger charge is -2.05. The molecule has 0 atom stereocenters. The van der Waals surface area contributed by atoms with E-state index < -0.39 is 10.0 Å². The van der Waals surface area contributed by atoms with Crippen molar-refractivity contribution in [3.63, 3.8) is 0 Å². The summed E-state index contributed by atoms with van der Waals surface area (Å²) in [6.07, 6.45) is 4.00. The van der Waals surface area contributed by atoms with Crippen molar-refractivity contribution >= 4 is 37.3 Å². The largest absolute Gasteiger partial charge is 0.326 e. The van der Waals surface area contributed by atoms with Crippen LogP contribution in [-0.4, -0.2) is 19.9 Å². The Balaban J connectivity index is 2.02. The Labute approximate surface area is 130 Å². The maximum atomic E-state index is 12.2. The average Bonchev–Trinajstić information content (AvgIpc) is 2.82. The van der Waals surface area contributed by atoms with Crippen molar-refractivity contribution in [2.75, 3.05) is 6.54 Å². The van der Waals surface area contributed by atoms with E-state index in [2.05, 4.69) is 25.6 Å². The number of nitrogens with one attached hydrogen (secondary N) is 1. The summed E-state index contributed by atoms with van der Waals surface area (Å²) in [7, 11) is -3.51. The number of halogens is 1. The molecule has 0 bridgehead atoms. The maximum absolute atomic E-state index is 12.2. The van der Waals surface area contributed by atoms with Crippen LogP contribution in [0.4, 0.5) is 0 Å². The van der Waals surface area contributed by atoms with E-state index in [0.29, 0.717) is 23.3 Å². The average molecular weight is 376 g/mol. The Bertz CT molecular complexity index is 671. The van der Waals surface area contributed by atoms with E-state index in [-0.39, 0.29) is 4.90 Å². The second kappa shape index (κ2) is 6.77. The molecule has 0 saturated heterocycles. The monoisotopic (exact) mass is 375 g/mol. The lowest BCUT2D eigenvalue weighted by atomic mass is 10.2. The fraction of sp³-hybridized carbons (Fsp3) is 0.250. The third-order valence-corrected chi connectivity index (χ3v) is 6.36. The van der Waals surface area contributed by atoms with Crippen LogP contribution in [0.2, 0.25) is 0 Å². The number of nitrogens with zero attached hydrogens (tertiary/aromatic N) is 1. The number of pyridine rings is 1. The summed E-state index contributed by atoms with van der Waals surface area (Å²) < 4.78 is 27.5. The van der Waals surface area contributed by atoms with Gasteiger partial charge in [0, 0.05) is 30.4 Å². The normalized spacial score (nSPS) is 11.7. The van der Waals surface area contributed by atoms with Gasteiger partial charge in [0.2, 0.25) is 10.0 Å². The van der Waals surface area contributed by atoms with E-state index >= 15 is 0 Å². The van der Waals surface area contributed by atoms with Crippen LogP contribution in [0.15, 0.2) is 39.3 Å². The van der Waals surface area contributed by atoms with Crippen LogP contribution in [0.3, 0.4) is 0 Å². The van der Waals surface area contributed by atoms with Crippen molar-refractivity contribution in [3.8, 4) is 0 Å². The SMILES string of the molecule is NCc1cc(S(=O)(=O)NCCc2cccnc2)c(Br)s1. The second-order valence-electron chi connectivity index (χ2n) is 4.06. The summed E-state index contributed by atoms with van der Waals surface area (Å²) in [6, 6.07) is 5.34. The summed E-state index contributed by atoms with van der Waals surface area (Å²) >= 11 is 4.60. The van der Waals surface area contributed by atoms with Gasteiger partial charge in [0.05, 0.1) is 3.79 Å². The fourth-order valence-electron chi connectivity index (χ4n) is 1.64. The smallest absolute Gasteiger partial charge is 0.242 e. The van der Waals surface area contributed by atoms with Crippen molar-refractivity contribution in [1.82, 2.24) is 9.71 Å². The first-order valence-corrected chi connectivity index (χ1v) is 8.99. The number of rotatable bonds is 6. The van der Waals surface area contributed by atoms with Gasteiger partial charge in [-0.2, -0.15) is 0 Å². The molecule has 20 heavy (non-hydrogen) atoms.